The second-order valence-electron chi connectivity index (χ2n) is 3.66. The zero-order valence-electron chi connectivity index (χ0n) is 11.5. The van der Waals surface area contributed by atoms with E-state index >= 15 is 0 Å². The van der Waals surface area contributed by atoms with E-state index in [-0.39, 0.29) is 12.1 Å². The standard InChI is InChI=1S/C11H20O2.C3H5NO/c1-4-7-8-9-10(5-2)13-11(12)6-3;1-2-4-3-5/h6,10H,3-5,7-9H2,1-2H3;2-3H,1H2,(H,4,5). The molecule has 0 aromatic rings. The van der Waals surface area contributed by atoms with Crippen molar-refractivity contribution in [1.29, 1.82) is 0 Å². The number of unbranched alkanes of at least 4 members (excludes halogenated alkanes) is 2. The van der Waals surface area contributed by atoms with Crippen LogP contribution >= 0.6 is 0 Å². The Morgan fingerprint density at radius 1 is 1.33 bits per heavy atom. The van der Waals surface area contributed by atoms with Gasteiger partial charge >= 0.3 is 5.97 Å². The summed E-state index contributed by atoms with van der Waals surface area (Å²) in [5.41, 5.74) is 0. The minimum Gasteiger partial charge on any atom is -0.459 e. The number of esters is 1. The lowest BCUT2D eigenvalue weighted by Gasteiger charge is -2.14. The van der Waals surface area contributed by atoms with Crippen LogP contribution < -0.4 is 5.32 Å². The molecule has 0 aromatic heterocycles. The molecule has 0 fully saturated rings. The zero-order valence-corrected chi connectivity index (χ0v) is 11.5. The molecule has 4 nitrogen and oxygen atoms in total. The van der Waals surface area contributed by atoms with Crippen LogP contribution in [0.15, 0.2) is 25.4 Å². The first-order valence-electron chi connectivity index (χ1n) is 6.29. The third kappa shape index (κ3) is 14.4. The van der Waals surface area contributed by atoms with Gasteiger partial charge in [0.2, 0.25) is 6.41 Å². The number of hydrogen-bond acceptors (Lipinski definition) is 3. The van der Waals surface area contributed by atoms with Gasteiger partial charge in [-0.2, -0.15) is 0 Å². The number of hydrogen-bond donors (Lipinski definition) is 1. The van der Waals surface area contributed by atoms with Gasteiger partial charge < -0.3 is 10.1 Å². The van der Waals surface area contributed by atoms with Gasteiger partial charge in [0.05, 0.1) is 0 Å². The van der Waals surface area contributed by atoms with Gasteiger partial charge in [-0.15, -0.1) is 0 Å². The average molecular weight is 255 g/mol. The van der Waals surface area contributed by atoms with Crippen LogP contribution in [0.3, 0.4) is 0 Å². The Morgan fingerprint density at radius 3 is 2.33 bits per heavy atom. The molecule has 0 saturated carbocycles. The van der Waals surface area contributed by atoms with Crippen molar-refractivity contribution >= 4 is 12.4 Å². The molecule has 1 atom stereocenters. The minimum atomic E-state index is -0.302. The van der Waals surface area contributed by atoms with Gasteiger partial charge in [-0.05, 0) is 25.5 Å². The normalized spacial score (nSPS) is 10.3. The summed E-state index contributed by atoms with van der Waals surface area (Å²) in [5, 5.41) is 2.19. The van der Waals surface area contributed by atoms with E-state index in [1.165, 1.54) is 25.1 Å². The topological polar surface area (TPSA) is 55.4 Å². The van der Waals surface area contributed by atoms with E-state index in [2.05, 4.69) is 25.4 Å². The van der Waals surface area contributed by atoms with Crippen molar-refractivity contribution in [2.45, 2.75) is 52.1 Å². The second kappa shape index (κ2) is 15.4. The van der Waals surface area contributed by atoms with E-state index in [4.69, 9.17) is 4.74 Å². The van der Waals surface area contributed by atoms with Crippen molar-refractivity contribution in [3.05, 3.63) is 25.4 Å². The third-order valence-corrected chi connectivity index (χ3v) is 2.22. The minimum absolute atomic E-state index is 0.0806. The molecular formula is C14H25NO3. The molecule has 0 aliphatic heterocycles. The Hall–Kier alpha value is -1.58. The fourth-order valence-electron chi connectivity index (χ4n) is 1.23. The zero-order chi connectivity index (χ0) is 14.2. The summed E-state index contributed by atoms with van der Waals surface area (Å²) in [6, 6.07) is 0. The van der Waals surface area contributed by atoms with Gasteiger partial charge in [-0.1, -0.05) is 39.8 Å². The van der Waals surface area contributed by atoms with Crippen LogP contribution in [0.25, 0.3) is 0 Å². The smallest absolute Gasteiger partial charge is 0.330 e. The predicted octanol–water partition coefficient (Wildman–Crippen LogP) is 2.95. The van der Waals surface area contributed by atoms with E-state index in [9.17, 15) is 9.59 Å². The highest BCUT2D eigenvalue weighted by atomic mass is 16.5. The van der Waals surface area contributed by atoms with E-state index in [0.717, 1.165) is 19.3 Å². The molecule has 0 saturated heterocycles. The summed E-state index contributed by atoms with van der Waals surface area (Å²) in [6.45, 7) is 10.8. The lowest BCUT2D eigenvalue weighted by molar-refractivity contribution is -0.143. The molecule has 1 N–H and O–H groups in total. The Balaban J connectivity index is 0. The van der Waals surface area contributed by atoms with Crippen LogP contribution in [0.4, 0.5) is 0 Å². The SMILES string of the molecule is C=CC(=O)OC(CC)CCCCC.C=CNC=O. The van der Waals surface area contributed by atoms with Crippen LogP contribution in [0.1, 0.15) is 46.0 Å². The number of amides is 1. The quantitative estimate of drug-likeness (QED) is 0.298. The number of nitrogens with one attached hydrogen (secondary N) is 1. The fraction of sp³-hybridized carbons (Fsp3) is 0.571. The van der Waals surface area contributed by atoms with Gasteiger partial charge in [0.1, 0.15) is 6.10 Å². The molecule has 18 heavy (non-hydrogen) atoms. The Labute approximate surface area is 110 Å². The summed E-state index contributed by atoms with van der Waals surface area (Å²) in [4.78, 5) is 20.1. The second-order valence-corrected chi connectivity index (χ2v) is 3.66. The van der Waals surface area contributed by atoms with Crippen LogP contribution in [-0.2, 0) is 14.3 Å². The molecule has 0 spiro atoms. The monoisotopic (exact) mass is 255 g/mol. The molecule has 0 heterocycles. The van der Waals surface area contributed by atoms with E-state index in [0.29, 0.717) is 6.41 Å². The molecule has 0 aliphatic rings. The van der Waals surface area contributed by atoms with Gasteiger partial charge in [0, 0.05) is 6.08 Å². The first kappa shape index (κ1) is 18.8. The Kier molecular flexibility index (Phi) is 16.1. The van der Waals surface area contributed by atoms with Crippen molar-refractivity contribution in [1.82, 2.24) is 5.32 Å². The Morgan fingerprint density at radius 2 is 2.00 bits per heavy atom. The summed E-state index contributed by atoms with van der Waals surface area (Å²) >= 11 is 0. The number of carbonyl (C=O) groups is 2. The highest BCUT2D eigenvalue weighted by Gasteiger charge is 2.08. The Bertz CT molecular complexity index is 233. The van der Waals surface area contributed by atoms with Gasteiger partial charge in [0.25, 0.3) is 0 Å². The predicted molar refractivity (Wildman–Crippen MR) is 73.9 cm³/mol. The average Bonchev–Trinajstić information content (AvgIpc) is 2.39. The van der Waals surface area contributed by atoms with Crippen LogP contribution in [0, 0.1) is 0 Å². The highest BCUT2D eigenvalue weighted by Crippen LogP contribution is 2.10. The molecule has 1 amide bonds. The van der Waals surface area contributed by atoms with E-state index in [1.54, 1.807) is 0 Å². The summed E-state index contributed by atoms with van der Waals surface area (Å²) in [7, 11) is 0. The van der Waals surface area contributed by atoms with E-state index in [1.807, 2.05) is 6.92 Å². The molecule has 1 unspecified atom stereocenters. The molecule has 0 rings (SSSR count). The number of ether oxygens (including phenoxy) is 1. The van der Waals surface area contributed by atoms with Gasteiger partial charge in [-0.3, -0.25) is 4.79 Å². The maximum Gasteiger partial charge on any atom is 0.330 e. The maximum absolute atomic E-state index is 10.9. The van der Waals surface area contributed by atoms with Crippen LogP contribution in [-0.4, -0.2) is 18.5 Å². The number of carbonyl (C=O) groups excluding carboxylic acids is 2. The summed E-state index contributed by atoms with van der Waals surface area (Å²) < 4.78 is 5.14. The van der Waals surface area contributed by atoms with Crippen molar-refractivity contribution in [2.24, 2.45) is 0 Å². The summed E-state index contributed by atoms with van der Waals surface area (Å²) in [6.07, 6.45) is 8.60. The molecule has 0 aliphatic carbocycles. The van der Waals surface area contributed by atoms with Gasteiger partial charge in [-0.25, -0.2) is 4.79 Å². The molecule has 0 aromatic carbocycles. The van der Waals surface area contributed by atoms with Crippen LogP contribution in [0.2, 0.25) is 0 Å². The summed E-state index contributed by atoms with van der Waals surface area (Å²) in [5.74, 6) is -0.302. The molecule has 104 valence electrons. The van der Waals surface area contributed by atoms with Crippen molar-refractivity contribution in [2.75, 3.05) is 0 Å². The lowest BCUT2D eigenvalue weighted by Crippen LogP contribution is -2.15. The van der Waals surface area contributed by atoms with Crippen molar-refractivity contribution in [3.8, 4) is 0 Å². The first-order valence-corrected chi connectivity index (χ1v) is 6.29. The van der Waals surface area contributed by atoms with E-state index < -0.39 is 0 Å². The molecule has 0 radical (unpaired) electrons. The molecule has 4 heteroatoms. The maximum atomic E-state index is 10.9. The van der Waals surface area contributed by atoms with Crippen molar-refractivity contribution < 1.29 is 14.3 Å². The first-order chi connectivity index (χ1) is 8.65. The lowest BCUT2D eigenvalue weighted by atomic mass is 10.1. The largest absolute Gasteiger partial charge is 0.459 e. The number of rotatable bonds is 9. The third-order valence-electron chi connectivity index (χ3n) is 2.22. The van der Waals surface area contributed by atoms with Crippen molar-refractivity contribution in [3.63, 3.8) is 0 Å². The van der Waals surface area contributed by atoms with Crippen LogP contribution in [0.5, 0.6) is 0 Å². The highest BCUT2D eigenvalue weighted by molar-refractivity contribution is 5.81. The fourth-order valence-corrected chi connectivity index (χ4v) is 1.23. The van der Waals surface area contributed by atoms with Gasteiger partial charge in [0.15, 0.2) is 0 Å². The molecule has 0 bridgehead atoms. The molecular weight excluding hydrogens is 230 g/mol.